The lowest BCUT2D eigenvalue weighted by Crippen LogP contribution is -2.24. The van der Waals surface area contributed by atoms with Gasteiger partial charge in [-0.2, -0.15) is 13.2 Å². The number of amides is 1. The van der Waals surface area contributed by atoms with Crippen molar-refractivity contribution in [3.8, 4) is 11.5 Å². The van der Waals surface area contributed by atoms with Gasteiger partial charge in [0.05, 0.1) is 17.2 Å². The fourth-order valence-electron chi connectivity index (χ4n) is 2.19. The summed E-state index contributed by atoms with van der Waals surface area (Å²) in [5.74, 6) is -0.873. The summed E-state index contributed by atoms with van der Waals surface area (Å²) in [5.41, 5.74) is -1.22. The summed E-state index contributed by atoms with van der Waals surface area (Å²) in [5, 5.41) is 1.71. The number of esters is 1. The number of carbonyl (C=O) groups is 2. The van der Waals surface area contributed by atoms with E-state index in [0.717, 1.165) is 6.07 Å². The predicted octanol–water partition coefficient (Wildman–Crippen LogP) is 4.32. The zero-order valence-electron chi connectivity index (χ0n) is 15.2. The van der Waals surface area contributed by atoms with Crippen molar-refractivity contribution in [2.45, 2.75) is 13.1 Å². The number of para-hydroxylation sites is 2. The van der Waals surface area contributed by atoms with Crippen LogP contribution in [-0.2, 0) is 20.5 Å². The number of hydrogen-bond donors (Lipinski definition) is 1. The number of ether oxygens (including phenoxy) is 3. The molecule has 0 saturated carbocycles. The maximum Gasteiger partial charge on any atom is 0.417 e. The van der Waals surface area contributed by atoms with Gasteiger partial charge >= 0.3 is 12.1 Å². The van der Waals surface area contributed by atoms with Crippen molar-refractivity contribution >= 4 is 29.2 Å². The number of carbonyl (C=O) groups excluding carboxylic acids is 2. The lowest BCUT2D eigenvalue weighted by Gasteiger charge is -2.12. The summed E-state index contributed by atoms with van der Waals surface area (Å²) in [6.45, 7) is 1.03. The maximum absolute atomic E-state index is 12.8. The van der Waals surface area contributed by atoms with Gasteiger partial charge in [-0.15, -0.1) is 0 Å². The van der Waals surface area contributed by atoms with Crippen molar-refractivity contribution in [3.05, 3.63) is 53.1 Å². The van der Waals surface area contributed by atoms with Crippen molar-refractivity contribution < 1.29 is 37.0 Å². The monoisotopic (exact) mass is 431 g/mol. The van der Waals surface area contributed by atoms with Crippen molar-refractivity contribution in [1.82, 2.24) is 0 Å². The van der Waals surface area contributed by atoms with E-state index < -0.39 is 41.9 Å². The second-order valence-electron chi connectivity index (χ2n) is 5.57. The Hall–Kier alpha value is -2.94. The molecule has 0 aromatic heterocycles. The Kier molecular flexibility index (Phi) is 7.72. The molecule has 156 valence electrons. The number of benzene rings is 2. The highest BCUT2D eigenvalue weighted by atomic mass is 35.5. The van der Waals surface area contributed by atoms with Crippen molar-refractivity contribution in [2.75, 3.05) is 25.1 Å². The molecule has 0 radical (unpaired) electrons. The topological polar surface area (TPSA) is 73.9 Å². The average molecular weight is 432 g/mol. The number of hydrogen-bond acceptors (Lipinski definition) is 5. The van der Waals surface area contributed by atoms with Gasteiger partial charge in [-0.3, -0.25) is 4.79 Å². The lowest BCUT2D eigenvalue weighted by atomic mass is 10.2. The highest BCUT2D eigenvalue weighted by molar-refractivity contribution is 6.31. The summed E-state index contributed by atoms with van der Waals surface area (Å²) in [7, 11) is 0. The minimum absolute atomic E-state index is 0.135. The molecule has 1 N–H and O–H groups in total. The van der Waals surface area contributed by atoms with Crippen LogP contribution in [0, 0.1) is 0 Å². The van der Waals surface area contributed by atoms with Crippen molar-refractivity contribution in [2.24, 2.45) is 0 Å². The molecule has 0 spiro atoms. The SMILES string of the molecule is CCOc1ccccc1OCC(=O)OCC(=O)Nc1ccc(Cl)c(C(F)(F)F)c1. The van der Waals surface area contributed by atoms with E-state index in [4.69, 9.17) is 25.8 Å². The molecule has 0 aliphatic carbocycles. The third kappa shape index (κ3) is 6.86. The third-order valence-electron chi connectivity index (χ3n) is 3.41. The lowest BCUT2D eigenvalue weighted by molar-refractivity contribution is -0.149. The van der Waals surface area contributed by atoms with Crippen LogP contribution in [0.4, 0.5) is 18.9 Å². The molecule has 2 rings (SSSR count). The summed E-state index contributed by atoms with van der Waals surface area (Å²) in [4.78, 5) is 23.6. The number of nitrogens with one attached hydrogen (secondary N) is 1. The molecule has 1 amide bonds. The Labute approximate surface area is 169 Å². The fourth-order valence-corrected chi connectivity index (χ4v) is 2.41. The minimum atomic E-state index is -4.67. The van der Waals surface area contributed by atoms with Crippen LogP contribution >= 0.6 is 11.6 Å². The molecule has 2 aromatic carbocycles. The van der Waals surface area contributed by atoms with Crippen molar-refractivity contribution in [3.63, 3.8) is 0 Å². The van der Waals surface area contributed by atoms with Crippen LogP contribution in [0.25, 0.3) is 0 Å². The molecule has 10 heteroatoms. The number of anilines is 1. The molecule has 29 heavy (non-hydrogen) atoms. The van der Waals surface area contributed by atoms with Crippen LogP contribution in [0.1, 0.15) is 12.5 Å². The van der Waals surface area contributed by atoms with E-state index in [-0.39, 0.29) is 5.69 Å². The Morgan fingerprint density at radius 3 is 2.31 bits per heavy atom. The van der Waals surface area contributed by atoms with Gasteiger partial charge in [0.15, 0.2) is 24.7 Å². The second-order valence-corrected chi connectivity index (χ2v) is 5.98. The highest BCUT2D eigenvalue weighted by Crippen LogP contribution is 2.36. The van der Waals surface area contributed by atoms with E-state index in [9.17, 15) is 22.8 Å². The van der Waals surface area contributed by atoms with Crippen LogP contribution < -0.4 is 14.8 Å². The van der Waals surface area contributed by atoms with Crippen LogP contribution in [0.3, 0.4) is 0 Å². The Morgan fingerprint density at radius 1 is 1.03 bits per heavy atom. The van der Waals surface area contributed by atoms with Crippen molar-refractivity contribution in [1.29, 1.82) is 0 Å². The fraction of sp³-hybridized carbons (Fsp3) is 0.263. The zero-order valence-corrected chi connectivity index (χ0v) is 16.0. The first-order valence-electron chi connectivity index (χ1n) is 8.37. The third-order valence-corrected chi connectivity index (χ3v) is 3.74. The van der Waals surface area contributed by atoms with Gasteiger partial charge in [0.1, 0.15) is 0 Å². The molecule has 0 saturated heterocycles. The summed E-state index contributed by atoms with van der Waals surface area (Å²) < 4.78 is 53.9. The van der Waals surface area contributed by atoms with E-state index in [1.807, 2.05) is 0 Å². The summed E-state index contributed by atoms with van der Waals surface area (Å²) in [6.07, 6.45) is -4.67. The molecule has 0 unspecified atom stereocenters. The first-order valence-corrected chi connectivity index (χ1v) is 8.75. The molecule has 0 fully saturated rings. The number of halogens is 4. The first kappa shape index (κ1) is 22.4. The van der Waals surface area contributed by atoms with E-state index in [1.165, 1.54) is 6.07 Å². The molecule has 0 bridgehead atoms. The van der Waals surface area contributed by atoms with Gasteiger partial charge in [0.2, 0.25) is 0 Å². The molecule has 0 heterocycles. The minimum Gasteiger partial charge on any atom is -0.490 e. The number of rotatable bonds is 8. The van der Waals surface area contributed by atoms with Crippen LogP contribution in [0.2, 0.25) is 5.02 Å². The van der Waals surface area contributed by atoms with Crippen LogP contribution in [0.5, 0.6) is 11.5 Å². The van der Waals surface area contributed by atoms with Gasteiger partial charge in [-0.05, 0) is 37.3 Å². The van der Waals surface area contributed by atoms with Crippen LogP contribution in [-0.4, -0.2) is 31.7 Å². The van der Waals surface area contributed by atoms with E-state index in [0.29, 0.717) is 24.2 Å². The van der Waals surface area contributed by atoms with E-state index >= 15 is 0 Å². The first-order chi connectivity index (χ1) is 13.7. The highest BCUT2D eigenvalue weighted by Gasteiger charge is 2.33. The standard InChI is InChI=1S/C19H17ClF3NO5/c1-2-27-15-5-3-4-6-16(15)28-11-18(26)29-10-17(25)24-12-7-8-14(20)13(9-12)19(21,22)23/h3-9H,2,10-11H2,1H3,(H,24,25). The van der Waals surface area contributed by atoms with Gasteiger partial charge in [-0.1, -0.05) is 23.7 Å². The molecule has 0 aliphatic heterocycles. The smallest absolute Gasteiger partial charge is 0.417 e. The largest absolute Gasteiger partial charge is 0.490 e. The Morgan fingerprint density at radius 2 is 1.69 bits per heavy atom. The quantitative estimate of drug-likeness (QED) is 0.630. The van der Waals surface area contributed by atoms with Gasteiger partial charge in [-0.25, -0.2) is 4.79 Å². The number of alkyl halides is 3. The second kappa shape index (κ2) is 10.0. The maximum atomic E-state index is 12.8. The van der Waals surface area contributed by atoms with Gasteiger partial charge in [0.25, 0.3) is 5.91 Å². The van der Waals surface area contributed by atoms with Crippen LogP contribution in [0.15, 0.2) is 42.5 Å². The van der Waals surface area contributed by atoms with Gasteiger partial charge < -0.3 is 19.5 Å². The Bertz CT molecular complexity index is 873. The zero-order chi connectivity index (χ0) is 21.4. The molecule has 6 nitrogen and oxygen atoms in total. The molecular formula is C19H17ClF3NO5. The van der Waals surface area contributed by atoms with E-state index in [1.54, 1.807) is 31.2 Å². The molecular weight excluding hydrogens is 415 g/mol. The molecule has 0 atom stereocenters. The summed E-state index contributed by atoms with van der Waals surface area (Å²) in [6, 6.07) is 9.60. The van der Waals surface area contributed by atoms with Gasteiger partial charge in [0, 0.05) is 5.69 Å². The molecule has 2 aromatic rings. The molecule has 0 aliphatic rings. The normalized spacial score (nSPS) is 10.9. The van der Waals surface area contributed by atoms with E-state index in [2.05, 4.69) is 5.32 Å². The Balaban J connectivity index is 1.84. The average Bonchev–Trinajstić information content (AvgIpc) is 2.66. The summed E-state index contributed by atoms with van der Waals surface area (Å²) >= 11 is 5.51. The predicted molar refractivity (Wildman–Crippen MR) is 99.1 cm³/mol.